The fraction of sp³-hybridized carbons (Fsp3) is 0.308. The zero-order valence-electron chi connectivity index (χ0n) is 20.7. The van der Waals surface area contributed by atoms with Gasteiger partial charge < -0.3 is 16.0 Å². The molecule has 0 aliphatic heterocycles. The van der Waals surface area contributed by atoms with Gasteiger partial charge in [-0.05, 0) is 35.3 Å². The van der Waals surface area contributed by atoms with E-state index in [-0.39, 0.29) is 5.56 Å². The molecule has 0 radical (unpaired) electrons. The minimum Gasteiger partial charge on any atom is -0.344 e. The van der Waals surface area contributed by atoms with Crippen molar-refractivity contribution in [2.75, 3.05) is 6.54 Å². The molecule has 2 atom stereocenters. The van der Waals surface area contributed by atoms with E-state index in [2.05, 4.69) is 10.6 Å². The highest BCUT2D eigenvalue weighted by molar-refractivity contribution is 6.30. The predicted octanol–water partition coefficient (Wildman–Crippen LogP) is 4.23. The summed E-state index contributed by atoms with van der Waals surface area (Å²) in [6.45, 7) is 0.508. The summed E-state index contributed by atoms with van der Waals surface area (Å²) < 4.78 is 66.0. The number of Topliss-reactive ketones (excluding diaryl/α,β-unsaturated/α-hetero) is 1. The Kier molecular flexibility index (Phi) is 10.7. The van der Waals surface area contributed by atoms with Crippen molar-refractivity contribution in [2.24, 2.45) is 5.92 Å². The van der Waals surface area contributed by atoms with E-state index in [9.17, 15) is 41.1 Å². The van der Waals surface area contributed by atoms with Crippen molar-refractivity contribution in [3.8, 4) is 0 Å². The number of hydrogen-bond acceptors (Lipinski definition) is 4. The van der Waals surface area contributed by atoms with Gasteiger partial charge >= 0.3 is 12.1 Å². The highest BCUT2D eigenvalue weighted by Crippen LogP contribution is 2.23. The molecule has 3 N–H and O–H groups in total. The molecular weight excluding hydrogens is 549 g/mol. The topological polar surface area (TPSA) is 104 Å². The molecule has 2 aromatic carbocycles. The molecule has 0 saturated carbocycles. The van der Waals surface area contributed by atoms with Gasteiger partial charge in [-0.15, -0.1) is 0 Å². The minimum atomic E-state index is -4.98. The monoisotopic (exact) mass is 573 g/mol. The number of amides is 3. The lowest BCUT2D eigenvalue weighted by molar-refractivity contribution is -0.165. The van der Waals surface area contributed by atoms with Gasteiger partial charge in [0.2, 0.25) is 17.6 Å². The maximum absolute atomic E-state index is 14.5. The van der Waals surface area contributed by atoms with E-state index in [1.54, 1.807) is 42.5 Å². The van der Waals surface area contributed by atoms with Gasteiger partial charge in [0.1, 0.15) is 12.6 Å². The lowest BCUT2D eigenvalue weighted by Gasteiger charge is -2.27. The van der Waals surface area contributed by atoms with Crippen LogP contribution in [0.15, 0.2) is 60.7 Å². The Morgan fingerprint density at radius 1 is 0.897 bits per heavy atom. The maximum Gasteiger partial charge on any atom is 0.405 e. The summed E-state index contributed by atoms with van der Waals surface area (Å²) in [5, 5.41) is 6.00. The summed E-state index contributed by atoms with van der Waals surface area (Å²) in [7, 11) is 0. The van der Waals surface area contributed by atoms with Gasteiger partial charge in [0.25, 0.3) is 5.91 Å². The van der Waals surface area contributed by atoms with Crippen LogP contribution in [0.1, 0.15) is 31.0 Å². The van der Waals surface area contributed by atoms with Crippen LogP contribution < -0.4 is 16.0 Å². The molecule has 0 bridgehead atoms. The van der Waals surface area contributed by atoms with Crippen molar-refractivity contribution in [3.05, 3.63) is 76.8 Å². The molecule has 0 heterocycles. The average Bonchev–Trinajstić information content (AvgIpc) is 2.87. The number of alkyl halides is 5. The molecule has 0 spiro atoms. The third-order valence-electron chi connectivity index (χ3n) is 5.27. The summed E-state index contributed by atoms with van der Waals surface area (Å²) in [5.41, 5.74) is 0.861. The number of hydrogen-bond donors (Lipinski definition) is 3. The van der Waals surface area contributed by atoms with Crippen LogP contribution in [0, 0.1) is 5.92 Å². The quantitative estimate of drug-likeness (QED) is 0.213. The molecule has 2 aromatic rings. The van der Waals surface area contributed by atoms with Crippen LogP contribution in [0.4, 0.5) is 22.0 Å². The second-order valence-corrected chi connectivity index (χ2v) is 9.14. The van der Waals surface area contributed by atoms with E-state index in [4.69, 9.17) is 11.6 Å². The molecule has 3 amide bonds. The number of rotatable bonds is 11. The molecule has 0 aliphatic rings. The largest absolute Gasteiger partial charge is 0.405 e. The van der Waals surface area contributed by atoms with Gasteiger partial charge in [0.05, 0.1) is 6.04 Å². The van der Waals surface area contributed by atoms with Crippen molar-refractivity contribution in [1.82, 2.24) is 16.0 Å². The summed E-state index contributed by atoms with van der Waals surface area (Å²) in [5.74, 6) is -12.2. The Morgan fingerprint density at radius 2 is 1.49 bits per heavy atom. The van der Waals surface area contributed by atoms with E-state index < -0.39 is 60.1 Å². The van der Waals surface area contributed by atoms with Crippen LogP contribution in [0.25, 0.3) is 6.08 Å². The van der Waals surface area contributed by atoms with Crippen molar-refractivity contribution >= 4 is 41.2 Å². The first-order valence-electron chi connectivity index (χ1n) is 11.5. The Hall–Kier alpha value is -3.80. The van der Waals surface area contributed by atoms with Crippen LogP contribution in [0.5, 0.6) is 0 Å². The second-order valence-electron chi connectivity index (χ2n) is 8.70. The average molecular weight is 574 g/mol. The standard InChI is InChI=1S/C26H25ClF5N3O4/c1-15(2)20(22(37)26(31,32)24(39)33-14-25(28,29)30)35-23(38)21(17-6-4-3-5-7-17)34-19(36)13-10-16-8-11-18(27)12-9-16/h3-13,15,20-21H,14H2,1-2H3,(H,33,39)(H,34,36)(H,35,38)/b13-10+. The highest BCUT2D eigenvalue weighted by atomic mass is 35.5. The first-order chi connectivity index (χ1) is 18.1. The smallest absolute Gasteiger partial charge is 0.344 e. The first kappa shape index (κ1) is 31.4. The van der Waals surface area contributed by atoms with Gasteiger partial charge in [0, 0.05) is 11.1 Å². The lowest BCUT2D eigenvalue weighted by Crippen LogP contribution is -2.58. The van der Waals surface area contributed by atoms with E-state index in [0.717, 1.165) is 11.4 Å². The summed E-state index contributed by atoms with van der Waals surface area (Å²) >= 11 is 5.82. The SMILES string of the molecule is CC(C)C(NC(=O)C(NC(=O)/C=C/c1ccc(Cl)cc1)c1ccccc1)C(=O)C(F)(F)C(=O)NCC(F)(F)F. The van der Waals surface area contributed by atoms with Crippen LogP contribution in [-0.2, 0) is 19.2 Å². The van der Waals surface area contributed by atoms with Crippen molar-refractivity contribution < 1.29 is 41.1 Å². The zero-order valence-corrected chi connectivity index (χ0v) is 21.4. The van der Waals surface area contributed by atoms with Crippen LogP contribution in [-0.4, -0.2) is 48.2 Å². The third-order valence-corrected chi connectivity index (χ3v) is 5.52. The molecule has 7 nitrogen and oxygen atoms in total. The summed E-state index contributed by atoms with van der Waals surface area (Å²) in [6.07, 6.45) is -2.42. The molecule has 0 aromatic heterocycles. The molecule has 2 unspecified atom stereocenters. The normalized spacial score (nSPS) is 13.6. The van der Waals surface area contributed by atoms with Gasteiger partial charge in [-0.3, -0.25) is 19.2 Å². The van der Waals surface area contributed by atoms with Crippen molar-refractivity contribution in [2.45, 2.75) is 38.0 Å². The van der Waals surface area contributed by atoms with Gasteiger partial charge in [0.15, 0.2) is 0 Å². The molecule has 39 heavy (non-hydrogen) atoms. The molecule has 0 fully saturated rings. The van der Waals surface area contributed by atoms with Gasteiger partial charge in [-0.25, -0.2) is 0 Å². The fourth-order valence-electron chi connectivity index (χ4n) is 3.25. The first-order valence-corrected chi connectivity index (χ1v) is 11.9. The summed E-state index contributed by atoms with van der Waals surface area (Å²) in [6, 6.07) is 10.7. The van der Waals surface area contributed by atoms with Gasteiger partial charge in [-0.1, -0.05) is 67.9 Å². The second kappa shape index (κ2) is 13.3. The summed E-state index contributed by atoms with van der Waals surface area (Å²) in [4.78, 5) is 50.0. The molecule has 210 valence electrons. The number of ketones is 1. The fourth-order valence-corrected chi connectivity index (χ4v) is 3.38. The molecule has 0 aliphatic carbocycles. The van der Waals surface area contributed by atoms with E-state index in [0.29, 0.717) is 10.6 Å². The Balaban J connectivity index is 2.24. The van der Waals surface area contributed by atoms with E-state index in [1.807, 2.05) is 0 Å². The molecule has 2 rings (SSSR count). The van der Waals surface area contributed by atoms with E-state index >= 15 is 0 Å². The Morgan fingerprint density at radius 3 is 2.03 bits per heavy atom. The number of carbonyl (C=O) groups excluding carboxylic acids is 4. The molecular formula is C26H25ClF5N3O4. The number of carbonyl (C=O) groups is 4. The van der Waals surface area contributed by atoms with Crippen LogP contribution >= 0.6 is 11.6 Å². The Bertz CT molecular complexity index is 1200. The van der Waals surface area contributed by atoms with Crippen molar-refractivity contribution in [3.63, 3.8) is 0 Å². The Labute approximate surface area is 225 Å². The molecule has 13 heteroatoms. The third kappa shape index (κ3) is 9.47. The maximum atomic E-state index is 14.5. The van der Waals surface area contributed by atoms with Crippen LogP contribution in [0.2, 0.25) is 5.02 Å². The van der Waals surface area contributed by atoms with E-state index in [1.165, 1.54) is 32.1 Å². The van der Waals surface area contributed by atoms with Gasteiger partial charge in [-0.2, -0.15) is 22.0 Å². The number of benzene rings is 2. The lowest BCUT2D eigenvalue weighted by atomic mass is 9.94. The highest BCUT2D eigenvalue weighted by Gasteiger charge is 2.52. The predicted molar refractivity (Wildman–Crippen MR) is 134 cm³/mol. The van der Waals surface area contributed by atoms with Crippen LogP contribution in [0.3, 0.4) is 0 Å². The molecule has 0 saturated heterocycles. The zero-order chi connectivity index (χ0) is 29.4. The number of nitrogens with one attached hydrogen (secondary N) is 3. The number of halogens is 6. The van der Waals surface area contributed by atoms with Crippen molar-refractivity contribution in [1.29, 1.82) is 0 Å². The minimum absolute atomic E-state index is 0.243.